The van der Waals surface area contributed by atoms with Gasteiger partial charge in [-0.3, -0.25) is 4.90 Å². The second-order valence-corrected chi connectivity index (χ2v) is 7.92. The molecule has 1 aromatic rings. The third kappa shape index (κ3) is 4.21. The van der Waals surface area contributed by atoms with Crippen LogP contribution in [0.15, 0.2) is 61.2 Å². The van der Waals surface area contributed by atoms with Crippen LogP contribution >= 0.6 is 0 Å². The first-order valence-electron chi connectivity index (χ1n) is 8.26. The molecule has 1 aliphatic carbocycles. The van der Waals surface area contributed by atoms with Gasteiger partial charge in [0.1, 0.15) is 5.75 Å². The van der Waals surface area contributed by atoms with Gasteiger partial charge in [0.05, 0.1) is 24.5 Å². The van der Waals surface area contributed by atoms with Crippen molar-refractivity contribution < 1.29 is 17.3 Å². The Morgan fingerprint density at radius 2 is 2.08 bits per heavy atom. The summed E-state index contributed by atoms with van der Waals surface area (Å²) in [6.45, 7) is 6.26. The Morgan fingerprint density at radius 3 is 2.68 bits per heavy atom. The molecule has 1 heterocycles. The molecule has 134 valence electrons. The molecule has 0 spiro atoms. The number of nitrogens with zero attached hydrogens (tertiary/aromatic N) is 1. The summed E-state index contributed by atoms with van der Waals surface area (Å²) in [4.78, 5) is 2.38. The van der Waals surface area contributed by atoms with E-state index in [1.807, 2.05) is 18.2 Å². The highest BCUT2D eigenvalue weighted by Gasteiger charge is 2.35. The Labute approximate surface area is 149 Å². The van der Waals surface area contributed by atoms with Crippen LogP contribution in [0, 0.1) is 0 Å². The predicted molar refractivity (Wildman–Crippen MR) is 98.0 cm³/mol. The van der Waals surface area contributed by atoms with Crippen molar-refractivity contribution in [3.63, 3.8) is 0 Å². The normalized spacial score (nSPS) is 27.2. The zero-order valence-electron chi connectivity index (χ0n) is 14.3. The first-order chi connectivity index (χ1) is 11.9. The maximum Gasteiger partial charge on any atom is 0.306 e. The van der Waals surface area contributed by atoms with E-state index in [0.717, 1.165) is 31.3 Å². The second-order valence-electron chi connectivity index (χ2n) is 6.35. The van der Waals surface area contributed by atoms with Crippen molar-refractivity contribution in [2.24, 2.45) is 0 Å². The fourth-order valence-electron chi connectivity index (χ4n) is 3.28. The molecule has 1 aliphatic heterocycles. The number of allylic oxidation sites excluding steroid dienone is 2. The van der Waals surface area contributed by atoms with Gasteiger partial charge >= 0.3 is 10.1 Å². The van der Waals surface area contributed by atoms with Gasteiger partial charge in [-0.2, -0.15) is 8.42 Å². The van der Waals surface area contributed by atoms with Gasteiger partial charge in [0.15, 0.2) is 0 Å². The minimum absolute atomic E-state index is 0.0721. The van der Waals surface area contributed by atoms with Crippen LogP contribution in [0.1, 0.15) is 18.1 Å². The van der Waals surface area contributed by atoms with E-state index in [2.05, 4.69) is 35.8 Å². The van der Waals surface area contributed by atoms with Crippen molar-refractivity contribution in [2.45, 2.75) is 18.1 Å². The predicted octanol–water partition coefficient (Wildman–Crippen LogP) is 2.84. The van der Waals surface area contributed by atoms with Gasteiger partial charge in [0, 0.05) is 13.1 Å². The van der Waals surface area contributed by atoms with Crippen LogP contribution in [0.2, 0.25) is 0 Å². The molecule has 0 unspecified atom stereocenters. The van der Waals surface area contributed by atoms with Crippen LogP contribution in [0.4, 0.5) is 0 Å². The average molecular weight is 361 g/mol. The first-order valence-corrected chi connectivity index (χ1v) is 10.1. The smallest absolute Gasteiger partial charge is 0.306 e. The second kappa shape index (κ2) is 7.15. The Morgan fingerprint density at radius 1 is 1.32 bits per heavy atom. The van der Waals surface area contributed by atoms with Crippen LogP contribution in [0.5, 0.6) is 5.75 Å². The molecule has 0 amide bonds. The summed E-state index contributed by atoms with van der Waals surface area (Å²) >= 11 is 0. The summed E-state index contributed by atoms with van der Waals surface area (Å²) in [5, 5.41) is 0. The van der Waals surface area contributed by atoms with E-state index in [9.17, 15) is 8.42 Å². The number of benzene rings is 1. The van der Waals surface area contributed by atoms with Crippen molar-refractivity contribution >= 4 is 10.1 Å². The molecule has 0 aromatic heterocycles. The molecule has 2 aliphatic rings. The molecule has 0 bridgehead atoms. The van der Waals surface area contributed by atoms with Gasteiger partial charge in [-0.1, -0.05) is 42.5 Å². The van der Waals surface area contributed by atoms with Crippen molar-refractivity contribution in [3.05, 3.63) is 66.8 Å². The van der Waals surface area contributed by atoms with E-state index >= 15 is 0 Å². The molecule has 25 heavy (non-hydrogen) atoms. The van der Waals surface area contributed by atoms with Crippen molar-refractivity contribution in [1.82, 2.24) is 4.90 Å². The van der Waals surface area contributed by atoms with Crippen LogP contribution in [0.3, 0.4) is 0 Å². The van der Waals surface area contributed by atoms with Gasteiger partial charge in [-0.05, 0) is 24.1 Å². The molecular formula is C19H23NO4S. The molecule has 6 heteroatoms. The number of ether oxygens (including phenoxy) is 1. The largest absolute Gasteiger partial charge is 0.383 e. The minimum atomic E-state index is -3.51. The summed E-state index contributed by atoms with van der Waals surface area (Å²) in [7, 11) is -3.51. The van der Waals surface area contributed by atoms with Gasteiger partial charge < -0.3 is 8.92 Å². The van der Waals surface area contributed by atoms with E-state index in [1.165, 1.54) is 0 Å². The molecule has 1 saturated heterocycles. The number of rotatable bonds is 5. The van der Waals surface area contributed by atoms with Gasteiger partial charge in [0.25, 0.3) is 0 Å². The van der Waals surface area contributed by atoms with E-state index in [4.69, 9.17) is 8.92 Å². The van der Waals surface area contributed by atoms with Crippen LogP contribution in [-0.4, -0.2) is 44.8 Å². The zero-order valence-corrected chi connectivity index (χ0v) is 15.1. The molecule has 0 radical (unpaired) electrons. The van der Waals surface area contributed by atoms with E-state index in [-0.39, 0.29) is 11.6 Å². The quantitative estimate of drug-likeness (QED) is 0.596. The van der Waals surface area contributed by atoms with Gasteiger partial charge in [-0.15, -0.1) is 6.58 Å². The lowest BCUT2D eigenvalue weighted by Crippen LogP contribution is -2.52. The third-order valence-electron chi connectivity index (χ3n) is 4.59. The number of hydrogen-bond donors (Lipinski definition) is 0. The van der Waals surface area contributed by atoms with E-state index in [0.29, 0.717) is 12.4 Å². The SMILES string of the molecule is C=C[C@@]1(N2CCO[C@@H](c3ccc(OS(C)(=O)=O)cc3)C2)C=CC=CC1. The fourth-order valence-corrected chi connectivity index (χ4v) is 3.74. The maximum absolute atomic E-state index is 11.2. The molecule has 5 nitrogen and oxygen atoms in total. The lowest BCUT2D eigenvalue weighted by Gasteiger charge is -2.44. The average Bonchev–Trinajstić information content (AvgIpc) is 2.62. The Hall–Kier alpha value is -1.89. The lowest BCUT2D eigenvalue weighted by atomic mass is 9.88. The van der Waals surface area contributed by atoms with Crippen molar-refractivity contribution in [3.8, 4) is 5.75 Å². The third-order valence-corrected chi connectivity index (χ3v) is 5.08. The number of morpholine rings is 1. The molecule has 0 saturated carbocycles. The monoisotopic (exact) mass is 361 g/mol. The number of hydrogen-bond acceptors (Lipinski definition) is 5. The summed E-state index contributed by atoms with van der Waals surface area (Å²) in [5.41, 5.74) is 0.830. The lowest BCUT2D eigenvalue weighted by molar-refractivity contribution is -0.0511. The summed E-state index contributed by atoms with van der Waals surface area (Å²) in [6, 6.07) is 7.02. The minimum Gasteiger partial charge on any atom is -0.383 e. The van der Waals surface area contributed by atoms with Crippen LogP contribution in [-0.2, 0) is 14.9 Å². The Balaban J connectivity index is 1.74. The molecule has 1 aromatic carbocycles. The first kappa shape index (κ1) is 17.9. The molecule has 1 fully saturated rings. The van der Waals surface area contributed by atoms with Crippen LogP contribution in [0.25, 0.3) is 0 Å². The van der Waals surface area contributed by atoms with E-state index < -0.39 is 10.1 Å². The fraction of sp³-hybridized carbons (Fsp3) is 0.368. The van der Waals surface area contributed by atoms with Gasteiger partial charge in [-0.25, -0.2) is 0 Å². The maximum atomic E-state index is 11.2. The molecular weight excluding hydrogens is 338 g/mol. The van der Waals surface area contributed by atoms with Crippen LogP contribution < -0.4 is 4.18 Å². The highest BCUT2D eigenvalue weighted by molar-refractivity contribution is 7.86. The van der Waals surface area contributed by atoms with E-state index in [1.54, 1.807) is 12.1 Å². The molecule has 3 rings (SSSR count). The zero-order chi connectivity index (χ0) is 17.9. The summed E-state index contributed by atoms with van der Waals surface area (Å²) in [6.07, 6.45) is 12.3. The molecule has 2 atom stereocenters. The highest BCUT2D eigenvalue weighted by Crippen LogP contribution is 2.33. The Kier molecular flexibility index (Phi) is 5.13. The molecule has 0 N–H and O–H groups in total. The summed E-state index contributed by atoms with van der Waals surface area (Å²) < 4.78 is 33.2. The highest BCUT2D eigenvalue weighted by atomic mass is 32.2. The Bertz CT molecular complexity index is 782. The van der Waals surface area contributed by atoms with Crippen molar-refractivity contribution in [2.75, 3.05) is 26.0 Å². The summed E-state index contributed by atoms with van der Waals surface area (Å²) in [5.74, 6) is 0.307. The van der Waals surface area contributed by atoms with Crippen molar-refractivity contribution in [1.29, 1.82) is 0 Å². The van der Waals surface area contributed by atoms with Gasteiger partial charge in [0.2, 0.25) is 0 Å². The standard InChI is InChI=1S/C19H23NO4S/c1-3-19(11-5-4-6-12-19)20-13-14-23-18(15-20)16-7-9-17(10-8-16)24-25(2,21)22/h3-11,18H,1,12-15H2,2H3/t18-,19-/m1/s1. The topological polar surface area (TPSA) is 55.8 Å².